The number of nitrogens with zero attached hydrogens (tertiary/aromatic N) is 5. The number of nitriles is 1. The Morgan fingerprint density at radius 2 is 1.86 bits per heavy atom. The number of fused-ring (bicyclic) bond motifs is 1. The molecule has 7 nitrogen and oxygen atoms in total. The number of pyridine rings is 2. The molecule has 3 aromatic rings. The Morgan fingerprint density at radius 1 is 1.08 bits per heavy atom. The van der Waals surface area contributed by atoms with E-state index in [-0.39, 0.29) is 5.91 Å². The lowest BCUT2D eigenvalue weighted by molar-refractivity contribution is 0.0724. The average Bonchev–Trinajstić information content (AvgIpc) is 2.90. The van der Waals surface area contributed by atoms with Crippen molar-refractivity contribution in [2.75, 3.05) is 33.3 Å². The first-order valence-corrected chi connectivity index (χ1v) is 12.9. The molecule has 0 atom stereocenters. The number of aryl methyl sites for hydroxylation is 2. The van der Waals surface area contributed by atoms with Gasteiger partial charge >= 0.3 is 0 Å². The van der Waals surface area contributed by atoms with Gasteiger partial charge in [-0.1, -0.05) is 13.0 Å². The van der Waals surface area contributed by atoms with E-state index in [1.54, 1.807) is 6.07 Å². The van der Waals surface area contributed by atoms with Crippen LogP contribution in [0.25, 0.3) is 11.1 Å². The minimum Gasteiger partial charge on any atom is -0.492 e. The van der Waals surface area contributed by atoms with Gasteiger partial charge in [0.2, 0.25) is 0 Å². The van der Waals surface area contributed by atoms with Gasteiger partial charge in [-0.15, -0.1) is 0 Å². The summed E-state index contributed by atoms with van der Waals surface area (Å²) in [5.74, 6) is 0.522. The Hall–Kier alpha value is -3.76. The lowest BCUT2D eigenvalue weighted by Gasteiger charge is -2.31. The van der Waals surface area contributed by atoms with E-state index in [4.69, 9.17) is 4.74 Å². The summed E-state index contributed by atoms with van der Waals surface area (Å²) in [4.78, 5) is 26.8. The number of amides is 1. The van der Waals surface area contributed by atoms with Crippen LogP contribution in [0.5, 0.6) is 5.75 Å². The van der Waals surface area contributed by atoms with Crippen LogP contribution < -0.4 is 4.74 Å². The fourth-order valence-corrected chi connectivity index (χ4v) is 4.76. The van der Waals surface area contributed by atoms with Crippen LogP contribution in [-0.4, -0.2) is 59.0 Å². The Morgan fingerprint density at radius 3 is 2.59 bits per heavy atom. The van der Waals surface area contributed by atoms with Crippen molar-refractivity contribution in [3.8, 4) is 22.9 Å². The molecule has 1 amide bonds. The zero-order chi connectivity index (χ0) is 26.5. The van der Waals surface area contributed by atoms with Crippen molar-refractivity contribution in [3.05, 3.63) is 75.9 Å². The zero-order valence-corrected chi connectivity index (χ0v) is 22.5. The predicted molar refractivity (Wildman–Crippen MR) is 145 cm³/mol. The number of hydrogen-bond acceptors (Lipinski definition) is 6. The third-order valence-electron chi connectivity index (χ3n) is 7.01. The van der Waals surface area contributed by atoms with E-state index in [0.717, 1.165) is 65.0 Å². The molecule has 0 fully saturated rings. The fraction of sp³-hybridized carbons (Fsp3) is 0.400. The SMILES string of the molecule is CCOc1cc(CN2CCc3c(cc(CCN(C)CC)cc3-c3cc(C)ncc3C)C2=O)ncc1C#N. The molecule has 192 valence electrons. The van der Waals surface area contributed by atoms with Crippen molar-refractivity contribution in [2.45, 2.75) is 47.1 Å². The third kappa shape index (κ3) is 5.81. The number of rotatable bonds is 9. The van der Waals surface area contributed by atoms with Gasteiger partial charge in [-0.05, 0) is 87.2 Å². The van der Waals surface area contributed by atoms with E-state index in [1.807, 2.05) is 24.9 Å². The molecule has 0 N–H and O–H groups in total. The summed E-state index contributed by atoms with van der Waals surface area (Å²) < 4.78 is 5.62. The molecule has 0 spiro atoms. The van der Waals surface area contributed by atoms with Crippen molar-refractivity contribution < 1.29 is 9.53 Å². The maximum atomic E-state index is 13.8. The molecule has 0 saturated heterocycles. The van der Waals surface area contributed by atoms with Crippen LogP contribution in [0.15, 0.2) is 36.7 Å². The summed E-state index contributed by atoms with van der Waals surface area (Å²) in [6, 6.07) is 10.4. The second-order valence-electron chi connectivity index (χ2n) is 9.65. The molecular weight excluding hydrogens is 462 g/mol. The number of hydrogen-bond donors (Lipinski definition) is 0. The standard InChI is InChI=1S/C30H35N5O2/c1-6-34(5)10-8-22-13-27(26-12-21(4)32-17-20(26)3)25-9-11-35(30(36)28(25)14-22)19-24-15-29(37-7-2)23(16-31)18-33-24/h12-15,17-18H,6-11,19H2,1-5H3. The highest BCUT2D eigenvalue weighted by Crippen LogP contribution is 2.34. The predicted octanol–water partition coefficient (Wildman–Crippen LogP) is 4.72. The fourth-order valence-electron chi connectivity index (χ4n) is 4.76. The second-order valence-corrected chi connectivity index (χ2v) is 9.65. The van der Waals surface area contributed by atoms with Crippen LogP contribution in [0.2, 0.25) is 0 Å². The van der Waals surface area contributed by atoms with E-state index in [0.29, 0.717) is 36.7 Å². The van der Waals surface area contributed by atoms with Gasteiger partial charge in [-0.3, -0.25) is 14.8 Å². The zero-order valence-electron chi connectivity index (χ0n) is 22.5. The summed E-state index contributed by atoms with van der Waals surface area (Å²) >= 11 is 0. The number of likely N-dealkylation sites (N-methyl/N-ethyl adjacent to an activating group) is 1. The van der Waals surface area contributed by atoms with Crippen LogP contribution in [0.1, 0.15) is 57.8 Å². The van der Waals surface area contributed by atoms with Gasteiger partial charge in [0.15, 0.2) is 0 Å². The molecule has 0 aliphatic carbocycles. The number of benzene rings is 1. The minimum absolute atomic E-state index is 0.0146. The largest absolute Gasteiger partial charge is 0.492 e. The number of carbonyl (C=O) groups is 1. The van der Waals surface area contributed by atoms with E-state index >= 15 is 0 Å². The second kappa shape index (κ2) is 11.5. The quantitative estimate of drug-likeness (QED) is 0.425. The molecule has 2 aromatic heterocycles. The van der Waals surface area contributed by atoms with Crippen molar-refractivity contribution in [3.63, 3.8) is 0 Å². The molecular formula is C30H35N5O2. The smallest absolute Gasteiger partial charge is 0.254 e. The summed E-state index contributed by atoms with van der Waals surface area (Å²) in [5, 5.41) is 9.34. The Bertz CT molecular complexity index is 1340. The first-order valence-electron chi connectivity index (χ1n) is 12.9. The van der Waals surface area contributed by atoms with Gasteiger partial charge in [-0.2, -0.15) is 5.26 Å². The Labute approximate surface area is 219 Å². The maximum Gasteiger partial charge on any atom is 0.254 e. The topological polar surface area (TPSA) is 82.3 Å². The Kier molecular flexibility index (Phi) is 8.20. The van der Waals surface area contributed by atoms with E-state index < -0.39 is 0 Å². The van der Waals surface area contributed by atoms with Gasteiger partial charge in [0.1, 0.15) is 17.4 Å². The van der Waals surface area contributed by atoms with Crippen LogP contribution in [0, 0.1) is 25.2 Å². The molecule has 1 aliphatic heterocycles. The van der Waals surface area contributed by atoms with Crippen LogP contribution in [-0.2, 0) is 19.4 Å². The van der Waals surface area contributed by atoms with Gasteiger partial charge in [0.25, 0.3) is 5.91 Å². The lowest BCUT2D eigenvalue weighted by Crippen LogP contribution is -2.37. The summed E-state index contributed by atoms with van der Waals surface area (Å²) in [7, 11) is 2.11. The minimum atomic E-state index is 0.0146. The van der Waals surface area contributed by atoms with Gasteiger partial charge in [0, 0.05) is 42.8 Å². The van der Waals surface area contributed by atoms with Crippen molar-refractivity contribution in [2.24, 2.45) is 0 Å². The maximum absolute atomic E-state index is 13.8. The number of aromatic nitrogens is 2. The van der Waals surface area contributed by atoms with Gasteiger partial charge in [-0.25, -0.2) is 0 Å². The average molecular weight is 498 g/mol. The molecule has 1 aliphatic rings. The van der Waals surface area contributed by atoms with E-state index in [1.165, 1.54) is 6.20 Å². The third-order valence-corrected chi connectivity index (χ3v) is 7.01. The van der Waals surface area contributed by atoms with Crippen LogP contribution >= 0.6 is 0 Å². The molecule has 0 unspecified atom stereocenters. The highest BCUT2D eigenvalue weighted by atomic mass is 16.5. The number of carbonyl (C=O) groups excluding carboxylic acids is 1. The molecule has 37 heavy (non-hydrogen) atoms. The first kappa shape index (κ1) is 26.3. The first-order chi connectivity index (χ1) is 17.8. The lowest BCUT2D eigenvalue weighted by atomic mass is 9.86. The number of ether oxygens (including phenoxy) is 1. The van der Waals surface area contributed by atoms with Crippen molar-refractivity contribution >= 4 is 5.91 Å². The summed E-state index contributed by atoms with van der Waals surface area (Å²) in [6.45, 7) is 11.5. The summed E-state index contributed by atoms with van der Waals surface area (Å²) in [6.07, 6.45) is 5.08. The normalized spacial score (nSPS) is 13.0. The van der Waals surface area contributed by atoms with Crippen molar-refractivity contribution in [1.29, 1.82) is 5.26 Å². The van der Waals surface area contributed by atoms with Gasteiger partial charge < -0.3 is 14.5 Å². The van der Waals surface area contributed by atoms with Crippen LogP contribution in [0.4, 0.5) is 0 Å². The van der Waals surface area contributed by atoms with E-state index in [2.05, 4.69) is 60.0 Å². The Balaban J connectivity index is 1.71. The molecule has 0 bridgehead atoms. The molecule has 1 aromatic carbocycles. The molecule has 7 heteroatoms. The molecule has 4 rings (SSSR count). The molecule has 3 heterocycles. The van der Waals surface area contributed by atoms with Crippen LogP contribution in [0.3, 0.4) is 0 Å². The monoisotopic (exact) mass is 497 g/mol. The highest BCUT2D eigenvalue weighted by Gasteiger charge is 2.28. The van der Waals surface area contributed by atoms with Gasteiger partial charge in [0.05, 0.1) is 18.8 Å². The highest BCUT2D eigenvalue weighted by molar-refractivity contribution is 5.99. The molecule has 0 radical (unpaired) electrons. The van der Waals surface area contributed by atoms with Crippen molar-refractivity contribution in [1.82, 2.24) is 19.8 Å². The molecule has 0 saturated carbocycles. The van der Waals surface area contributed by atoms with E-state index in [9.17, 15) is 10.1 Å². The summed E-state index contributed by atoms with van der Waals surface area (Å²) in [5.41, 5.74) is 8.49.